The van der Waals surface area contributed by atoms with Crippen LogP contribution in [0.4, 0.5) is 0 Å². The molecule has 1 unspecified atom stereocenters. The van der Waals surface area contributed by atoms with Gasteiger partial charge in [-0.05, 0) is 18.0 Å². The maximum Gasteiger partial charge on any atom is 0.124 e. The number of likely N-dealkylation sites (N-methyl/N-ethyl adjacent to an activating group) is 1. The standard InChI is InChI=1S/C12H16N2S2/c1-3-13-6-9(2)11-8-16-12(14-11)10-4-5-15-7-10/h4-5,7-9,13H,3,6H2,1-2H3. The molecule has 0 saturated carbocycles. The average Bonchev–Trinajstić information content (AvgIpc) is 2.94. The number of nitrogens with zero attached hydrogens (tertiary/aromatic N) is 1. The van der Waals surface area contributed by atoms with E-state index in [9.17, 15) is 0 Å². The van der Waals surface area contributed by atoms with Crippen molar-refractivity contribution in [3.05, 3.63) is 27.9 Å². The second-order valence-electron chi connectivity index (χ2n) is 3.80. The lowest BCUT2D eigenvalue weighted by molar-refractivity contribution is 0.626. The molecule has 0 radical (unpaired) electrons. The Morgan fingerprint density at radius 1 is 1.44 bits per heavy atom. The summed E-state index contributed by atoms with van der Waals surface area (Å²) in [6.07, 6.45) is 0. The minimum Gasteiger partial charge on any atom is -0.316 e. The largest absolute Gasteiger partial charge is 0.316 e. The number of nitrogens with one attached hydrogen (secondary N) is 1. The highest BCUT2D eigenvalue weighted by molar-refractivity contribution is 7.14. The molecule has 0 fully saturated rings. The van der Waals surface area contributed by atoms with Gasteiger partial charge in [-0.1, -0.05) is 13.8 Å². The first-order chi connectivity index (χ1) is 7.81. The molecule has 1 N–H and O–H groups in total. The van der Waals surface area contributed by atoms with E-state index in [1.807, 2.05) is 0 Å². The van der Waals surface area contributed by atoms with Crippen LogP contribution in [0.5, 0.6) is 0 Å². The Morgan fingerprint density at radius 3 is 3.00 bits per heavy atom. The van der Waals surface area contributed by atoms with Crippen molar-refractivity contribution in [1.82, 2.24) is 10.3 Å². The highest BCUT2D eigenvalue weighted by Gasteiger charge is 2.10. The van der Waals surface area contributed by atoms with Gasteiger partial charge in [0.2, 0.25) is 0 Å². The topological polar surface area (TPSA) is 24.9 Å². The molecule has 2 heterocycles. The summed E-state index contributed by atoms with van der Waals surface area (Å²) >= 11 is 3.46. The van der Waals surface area contributed by atoms with Gasteiger partial charge in [0.25, 0.3) is 0 Å². The summed E-state index contributed by atoms with van der Waals surface area (Å²) in [6.45, 7) is 6.37. The fourth-order valence-corrected chi connectivity index (χ4v) is 3.15. The highest BCUT2D eigenvalue weighted by Crippen LogP contribution is 2.28. The van der Waals surface area contributed by atoms with E-state index in [2.05, 4.69) is 41.4 Å². The van der Waals surface area contributed by atoms with Crippen LogP contribution in [-0.2, 0) is 0 Å². The van der Waals surface area contributed by atoms with Gasteiger partial charge in [0.1, 0.15) is 5.01 Å². The molecule has 0 spiro atoms. The summed E-state index contributed by atoms with van der Waals surface area (Å²) in [6, 6.07) is 2.13. The Balaban J connectivity index is 2.07. The molecule has 0 aliphatic rings. The van der Waals surface area contributed by atoms with Crippen LogP contribution in [0.15, 0.2) is 22.2 Å². The lowest BCUT2D eigenvalue weighted by atomic mass is 10.1. The van der Waals surface area contributed by atoms with E-state index in [0.717, 1.165) is 18.1 Å². The first kappa shape index (κ1) is 11.8. The van der Waals surface area contributed by atoms with E-state index >= 15 is 0 Å². The van der Waals surface area contributed by atoms with Crippen molar-refractivity contribution in [2.45, 2.75) is 19.8 Å². The predicted molar refractivity (Wildman–Crippen MR) is 72.4 cm³/mol. The number of rotatable bonds is 5. The lowest BCUT2D eigenvalue weighted by Crippen LogP contribution is -2.19. The van der Waals surface area contributed by atoms with Crippen LogP contribution in [0.25, 0.3) is 10.6 Å². The molecule has 1 atom stereocenters. The van der Waals surface area contributed by atoms with Gasteiger partial charge in [-0.15, -0.1) is 11.3 Å². The number of thiophene rings is 1. The van der Waals surface area contributed by atoms with Gasteiger partial charge >= 0.3 is 0 Å². The van der Waals surface area contributed by atoms with E-state index in [1.165, 1.54) is 11.3 Å². The summed E-state index contributed by atoms with van der Waals surface area (Å²) in [4.78, 5) is 4.69. The van der Waals surface area contributed by atoms with Gasteiger partial charge in [-0.25, -0.2) is 4.98 Å². The maximum absolute atomic E-state index is 4.69. The van der Waals surface area contributed by atoms with Gasteiger partial charge in [0, 0.05) is 28.8 Å². The molecule has 0 amide bonds. The fraction of sp³-hybridized carbons (Fsp3) is 0.417. The number of hydrogen-bond donors (Lipinski definition) is 1. The summed E-state index contributed by atoms with van der Waals surface area (Å²) in [5.74, 6) is 0.489. The zero-order valence-corrected chi connectivity index (χ0v) is 11.2. The molecule has 4 heteroatoms. The zero-order chi connectivity index (χ0) is 11.4. The summed E-state index contributed by atoms with van der Waals surface area (Å²) in [7, 11) is 0. The summed E-state index contributed by atoms with van der Waals surface area (Å²) in [5, 5.41) is 10.9. The van der Waals surface area contributed by atoms with Crippen LogP contribution in [0, 0.1) is 0 Å². The molecule has 0 bridgehead atoms. The van der Waals surface area contributed by atoms with Crippen LogP contribution < -0.4 is 5.32 Å². The van der Waals surface area contributed by atoms with Crippen molar-refractivity contribution in [3.63, 3.8) is 0 Å². The Labute approximate surface area is 104 Å². The second kappa shape index (κ2) is 5.57. The Morgan fingerprint density at radius 2 is 2.31 bits per heavy atom. The number of thiazole rings is 1. The summed E-state index contributed by atoms with van der Waals surface area (Å²) in [5.41, 5.74) is 2.45. The lowest BCUT2D eigenvalue weighted by Gasteiger charge is -2.08. The number of aromatic nitrogens is 1. The van der Waals surface area contributed by atoms with Crippen molar-refractivity contribution in [1.29, 1.82) is 0 Å². The molecule has 16 heavy (non-hydrogen) atoms. The first-order valence-corrected chi connectivity index (χ1v) is 7.32. The van der Waals surface area contributed by atoms with Crippen molar-refractivity contribution >= 4 is 22.7 Å². The minimum absolute atomic E-state index is 0.489. The Kier molecular flexibility index (Phi) is 4.09. The maximum atomic E-state index is 4.69. The molecule has 0 aliphatic heterocycles. The van der Waals surface area contributed by atoms with E-state index in [-0.39, 0.29) is 0 Å². The van der Waals surface area contributed by atoms with Gasteiger partial charge in [0.15, 0.2) is 0 Å². The van der Waals surface area contributed by atoms with E-state index in [0.29, 0.717) is 5.92 Å². The molecule has 0 aliphatic carbocycles. The normalized spacial score (nSPS) is 12.9. The van der Waals surface area contributed by atoms with Crippen LogP contribution in [0.2, 0.25) is 0 Å². The molecule has 2 aromatic heterocycles. The smallest absolute Gasteiger partial charge is 0.124 e. The first-order valence-electron chi connectivity index (χ1n) is 5.50. The van der Waals surface area contributed by atoms with Crippen LogP contribution in [0.1, 0.15) is 25.5 Å². The SMILES string of the molecule is CCNCC(C)c1csc(-c2ccsc2)n1. The molecular weight excluding hydrogens is 236 g/mol. The monoisotopic (exact) mass is 252 g/mol. The second-order valence-corrected chi connectivity index (χ2v) is 5.44. The third kappa shape index (κ3) is 2.70. The van der Waals surface area contributed by atoms with Gasteiger partial charge in [0.05, 0.1) is 5.69 Å². The average molecular weight is 252 g/mol. The third-order valence-electron chi connectivity index (χ3n) is 2.50. The van der Waals surface area contributed by atoms with Gasteiger partial charge in [-0.2, -0.15) is 11.3 Å². The summed E-state index contributed by atoms with van der Waals surface area (Å²) < 4.78 is 0. The minimum atomic E-state index is 0.489. The van der Waals surface area contributed by atoms with Crippen molar-refractivity contribution in [2.75, 3.05) is 13.1 Å². The van der Waals surface area contributed by atoms with Crippen molar-refractivity contribution in [3.8, 4) is 10.6 Å². The van der Waals surface area contributed by atoms with E-state index in [4.69, 9.17) is 4.98 Å². The van der Waals surface area contributed by atoms with Crippen molar-refractivity contribution in [2.24, 2.45) is 0 Å². The highest BCUT2D eigenvalue weighted by atomic mass is 32.1. The Hall–Kier alpha value is -0.710. The zero-order valence-electron chi connectivity index (χ0n) is 9.56. The molecule has 0 saturated heterocycles. The molecule has 2 nitrogen and oxygen atoms in total. The Bertz CT molecular complexity index is 420. The fourth-order valence-electron chi connectivity index (χ4n) is 1.50. The third-order valence-corrected chi connectivity index (χ3v) is 4.09. The van der Waals surface area contributed by atoms with Crippen molar-refractivity contribution < 1.29 is 0 Å². The molecule has 2 rings (SSSR count). The number of hydrogen-bond acceptors (Lipinski definition) is 4. The molecule has 86 valence electrons. The van der Waals surface area contributed by atoms with Crippen LogP contribution in [-0.4, -0.2) is 18.1 Å². The predicted octanol–water partition coefficient (Wildman–Crippen LogP) is 3.58. The van der Waals surface area contributed by atoms with Crippen LogP contribution >= 0.6 is 22.7 Å². The van der Waals surface area contributed by atoms with Gasteiger partial charge < -0.3 is 5.32 Å². The quantitative estimate of drug-likeness (QED) is 0.879. The van der Waals surface area contributed by atoms with E-state index in [1.54, 1.807) is 22.7 Å². The molecular formula is C12H16N2S2. The van der Waals surface area contributed by atoms with E-state index < -0.39 is 0 Å². The molecule has 0 aromatic carbocycles. The molecule has 2 aromatic rings. The van der Waals surface area contributed by atoms with Gasteiger partial charge in [-0.3, -0.25) is 0 Å². The van der Waals surface area contributed by atoms with Crippen LogP contribution in [0.3, 0.4) is 0 Å².